The van der Waals surface area contributed by atoms with Crippen LogP contribution >= 0.6 is 0 Å². The Kier molecular flexibility index (Phi) is 5.96. The number of fused-ring (bicyclic) bond motifs is 1. The fourth-order valence-electron chi connectivity index (χ4n) is 3.85. The number of amides is 1. The first-order chi connectivity index (χ1) is 15.0. The predicted molar refractivity (Wildman–Crippen MR) is 121 cm³/mol. The molecule has 3 aromatic carbocycles. The number of anilines is 1. The molecule has 31 heavy (non-hydrogen) atoms. The van der Waals surface area contributed by atoms with Crippen molar-refractivity contribution in [1.82, 2.24) is 0 Å². The molecule has 0 saturated carbocycles. The van der Waals surface area contributed by atoms with E-state index in [2.05, 4.69) is 26.0 Å². The lowest BCUT2D eigenvalue weighted by molar-refractivity contribution is 0.0254. The van der Waals surface area contributed by atoms with Crippen LogP contribution in [0.15, 0.2) is 66.7 Å². The first-order valence-electron chi connectivity index (χ1n) is 10.4. The highest BCUT2D eigenvalue weighted by atomic mass is 16.5. The summed E-state index contributed by atoms with van der Waals surface area (Å²) in [5, 5.41) is 0. The van der Waals surface area contributed by atoms with E-state index in [0.29, 0.717) is 29.6 Å². The van der Waals surface area contributed by atoms with Crippen molar-refractivity contribution < 1.29 is 19.0 Å². The van der Waals surface area contributed by atoms with Gasteiger partial charge in [0.15, 0.2) is 17.7 Å². The number of rotatable bonds is 5. The predicted octanol–water partition coefficient (Wildman–Crippen LogP) is 5.70. The maximum atomic E-state index is 13.7. The summed E-state index contributed by atoms with van der Waals surface area (Å²) in [6, 6.07) is 21.3. The minimum absolute atomic E-state index is 0.161. The quantitative estimate of drug-likeness (QED) is 0.534. The van der Waals surface area contributed by atoms with Crippen LogP contribution in [0.1, 0.15) is 53.0 Å². The molecule has 1 amide bonds. The minimum Gasteiger partial charge on any atom is -0.493 e. The largest absolute Gasteiger partial charge is 0.493 e. The Hall–Kier alpha value is -3.31. The zero-order valence-corrected chi connectivity index (χ0v) is 18.3. The van der Waals surface area contributed by atoms with E-state index >= 15 is 0 Å². The number of benzene rings is 3. The molecule has 160 valence electrons. The van der Waals surface area contributed by atoms with Crippen LogP contribution in [0.4, 0.5) is 5.69 Å². The fraction of sp³-hybridized carbons (Fsp3) is 0.269. The molecule has 0 spiro atoms. The highest BCUT2D eigenvalue weighted by molar-refractivity contribution is 6.07. The van der Waals surface area contributed by atoms with Gasteiger partial charge < -0.3 is 14.2 Å². The molecule has 4 rings (SSSR count). The van der Waals surface area contributed by atoms with Gasteiger partial charge in [-0.1, -0.05) is 56.3 Å². The third kappa shape index (κ3) is 4.01. The van der Waals surface area contributed by atoms with Crippen LogP contribution in [0, 0.1) is 0 Å². The minimum atomic E-state index is -0.517. The Morgan fingerprint density at radius 3 is 2.35 bits per heavy atom. The zero-order chi connectivity index (χ0) is 22.0. The van der Waals surface area contributed by atoms with Crippen molar-refractivity contribution in [2.75, 3.05) is 19.1 Å². The van der Waals surface area contributed by atoms with E-state index in [4.69, 9.17) is 14.2 Å². The van der Waals surface area contributed by atoms with E-state index in [-0.39, 0.29) is 5.91 Å². The summed E-state index contributed by atoms with van der Waals surface area (Å²) in [5.74, 6) is 1.37. The molecule has 0 aromatic heterocycles. The second kappa shape index (κ2) is 8.82. The molecule has 1 aliphatic heterocycles. The van der Waals surface area contributed by atoms with Gasteiger partial charge in [-0.15, -0.1) is 0 Å². The normalized spacial score (nSPS) is 15.5. The number of para-hydroxylation sites is 1. The van der Waals surface area contributed by atoms with Crippen LogP contribution in [0.25, 0.3) is 0 Å². The summed E-state index contributed by atoms with van der Waals surface area (Å²) < 4.78 is 16.9. The average Bonchev–Trinajstić information content (AvgIpc) is 2.82. The summed E-state index contributed by atoms with van der Waals surface area (Å²) >= 11 is 0. The van der Waals surface area contributed by atoms with Gasteiger partial charge in [0.1, 0.15) is 0 Å². The van der Waals surface area contributed by atoms with Crippen LogP contribution < -0.4 is 14.4 Å². The number of methoxy groups -OCH3 is 2. The third-order valence-electron chi connectivity index (χ3n) is 5.62. The summed E-state index contributed by atoms with van der Waals surface area (Å²) in [5.41, 5.74) is 4.52. The molecule has 0 aliphatic carbocycles. The molecule has 1 heterocycles. The first kappa shape index (κ1) is 20.9. The number of ether oxygens (including phenoxy) is 3. The fourth-order valence-corrected chi connectivity index (χ4v) is 3.85. The summed E-state index contributed by atoms with van der Waals surface area (Å²) in [6.07, 6.45) is -0.517. The van der Waals surface area contributed by atoms with Gasteiger partial charge in [-0.3, -0.25) is 9.69 Å². The Morgan fingerprint density at radius 2 is 1.68 bits per heavy atom. The zero-order valence-electron chi connectivity index (χ0n) is 18.3. The van der Waals surface area contributed by atoms with E-state index in [1.807, 2.05) is 36.4 Å². The lowest BCUT2D eigenvalue weighted by Crippen LogP contribution is -2.39. The number of hydrogen-bond donors (Lipinski definition) is 0. The molecular formula is C26H27NO4. The molecule has 1 aliphatic rings. The van der Waals surface area contributed by atoms with E-state index in [1.54, 1.807) is 37.3 Å². The molecule has 0 unspecified atom stereocenters. The van der Waals surface area contributed by atoms with Crippen LogP contribution in [-0.2, 0) is 11.3 Å². The van der Waals surface area contributed by atoms with Crippen molar-refractivity contribution in [3.05, 3.63) is 89.0 Å². The smallest absolute Gasteiger partial charge is 0.260 e. The van der Waals surface area contributed by atoms with Crippen molar-refractivity contribution in [3.8, 4) is 11.5 Å². The third-order valence-corrected chi connectivity index (χ3v) is 5.62. The Labute approximate surface area is 183 Å². The molecule has 5 nitrogen and oxygen atoms in total. The van der Waals surface area contributed by atoms with Gasteiger partial charge in [-0.25, -0.2) is 0 Å². The second-order valence-electron chi connectivity index (χ2n) is 7.86. The monoisotopic (exact) mass is 417 g/mol. The number of nitrogens with zero attached hydrogens (tertiary/aromatic N) is 1. The maximum absolute atomic E-state index is 13.7. The van der Waals surface area contributed by atoms with Crippen molar-refractivity contribution >= 4 is 11.6 Å². The van der Waals surface area contributed by atoms with Crippen molar-refractivity contribution in [2.45, 2.75) is 32.6 Å². The van der Waals surface area contributed by atoms with Crippen molar-refractivity contribution in [3.63, 3.8) is 0 Å². The Morgan fingerprint density at radius 1 is 0.968 bits per heavy atom. The molecule has 0 N–H and O–H groups in total. The Balaban J connectivity index is 1.77. The van der Waals surface area contributed by atoms with E-state index in [9.17, 15) is 4.79 Å². The summed E-state index contributed by atoms with van der Waals surface area (Å²) in [7, 11) is 3.13. The van der Waals surface area contributed by atoms with Gasteiger partial charge in [-0.2, -0.15) is 0 Å². The lowest BCUT2D eigenvalue weighted by Gasteiger charge is -2.37. The van der Waals surface area contributed by atoms with Crippen molar-refractivity contribution in [2.24, 2.45) is 0 Å². The van der Waals surface area contributed by atoms with E-state index < -0.39 is 6.23 Å². The lowest BCUT2D eigenvalue weighted by atomic mass is 10.00. The first-order valence-corrected chi connectivity index (χ1v) is 10.4. The van der Waals surface area contributed by atoms with E-state index in [1.165, 1.54) is 5.56 Å². The maximum Gasteiger partial charge on any atom is 0.260 e. The molecule has 3 aromatic rings. The van der Waals surface area contributed by atoms with Crippen LogP contribution in [0.5, 0.6) is 11.5 Å². The molecule has 0 fully saturated rings. The Bertz CT molecular complexity index is 1080. The molecule has 0 radical (unpaired) electrons. The average molecular weight is 418 g/mol. The number of carbonyl (C=O) groups excluding carboxylic acids is 1. The van der Waals surface area contributed by atoms with Crippen LogP contribution in [0.2, 0.25) is 0 Å². The number of carbonyl (C=O) groups is 1. The standard InChI is InChI=1S/C26H27NO4/c1-17(2)18-9-11-19(12-10-18)26-27(22-8-6-5-7-21(22)16-31-26)25(28)20-13-14-23(29-3)24(15-20)30-4/h5-15,17,26H,16H2,1-4H3/t26-/m0/s1. The van der Waals surface area contributed by atoms with Gasteiger partial charge in [-0.05, 0) is 35.7 Å². The van der Waals surface area contributed by atoms with Gasteiger partial charge in [0.05, 0.1) is 26.5 Å². The highest BCUT2D eigenvalue weighted by Gasteiger charge is 2.34. The van der Waals surface area contributed by atoms with Crippen LogP contribution in [0.3, 0.4) is 0 Å². The van der Waals surface area contributed by atoms with Gasteiger partial charge in [0.25, 0.3) is 5.91 Å². The molecule has 0 bridgehead atoms. The van der Waals surface area contributed by atoms with Crippen molar-refractivity contribution in [1.29, 1.82) is 0 Å². The molecule has 0 saturated heterocycles. The molecular weight excluding hydrogens is 390 g/mol. The SMILES string of the molecule is COc1ccc(C(=O)N2c3ccccc3CO[C@H]2c2ccc(C(C)C)cc2)cc1OC. The van der Waals surface area contributed by atoms with Gasteiger partial charge in [0.2, 0.25) is 0 Å². The van der Waals surface area contributed by atoms with Gasteiger partial charge in [0, 0.05) is 16.7 Å². The molecule has 5 heteroatoms. The summed E-state index contributed by atoms with van der Waals surface area (Å²) in [4.78, 5) is 15.5. The highest BCUT2D eigenvalue weighted by Crippen LogP contribution is 2.39. The summed E-state index contributed by atoms with van der Waals surface area (Å²) in [6.45, 7) is 4.77. The molecule has 1 atom stereocenters. The van der Waals surface area contributed by atoms with Gasteiger partial charge >= 0.3 is 0 Å². The second-order valence-corrected chi connectivity index (χ2v) is 7.86. The van der Waals surface area contributed by atoms with Crippen LogP contribution in [-0.4, -0.2) is 20.1 Å². The topological polar surface area (TPSA) is 48.0 Å². The van der Waals surface area contributed by atoms with E-state index in [0.717, 1.165) is 16.8 Å². The number of hydrogen-bond acceptors (Lipinski definition) is 4.